The van der Waals surface area contributed by atoms with Crippen molar-refractivity contribution < 1.29 is 14.3 Å². The van der Waals surface area contributed by atoms with E-state index in [1.807, 2.05) is 48.0 Å². The summed E-state index contributed by atoms with van der Waals surface area (Å²) in [5.41, 5.74) is 8.08. The molecule has 2 N–H and O–H groups in total. The Labute approximate surface area is 214 Å². The minimum Gasteiger partial charge on any atom is -0.375 e. The molecule has 0 atom stereocenters. The number of halogens is 1. The number of ether oxygens (including phenoxy) is 1. The van der Waals surface area contributed by atoms with Crippen LogP contribution < -0.4 is 10.6 Å². The van der Waals surface area contributed by atoms with Gasteiger partial charge in [-0.2, -0.15) is 5.10 Å². The lowest BCUT2D eigenvalue weighted by Gasteiger charge is -2.20. The van der Waals surface area contributed by atoms with Crippen molar-refractivity contribution in [1.82, 2.24) is 9.78 Å². The maximum Gasteiger partial charge on any atom is 0.257 e. The highest BCUT2D eigenvalue weighted by molar-refractivity contribution is 6.34. The van der Waals surface area contributed by atoms with Crippen LogP contribution in [0.25, 0.3) is 16.9 Å². The first-order valence-electron chi connectivity index (χ1n) is 11.6. The molecule has 1 aliphatic carbocycles. The third kappa shape index (κ3) is 4.63. The van der Waals surface area contributed by atoms with Gasteiger partial charge in [0.1, 0.15) is 6.61 Å². The van der Waals surface area contributed by atoms with Crippen LogP contribution >= 0.6 is 11.6 Å². The minimum atomic E-state index is -0.257. The Hall–Kier alpha value is -3.94. The van der Waals surface area contributed by atoms with E-state index in [0.29, 0.717) is 22.0 Å². The van der Waals surface area contributed by atoms with Crippen LogP contribution in [0.2, 0.25) is 5.02 Å². The number of hydrogen-bond acceptors (Lipinski definition) is 4. The van der Waals surface area contributed by atoms with Gasteiger partial charge >= 0.3 is 0 Å². The van der Waals surface area contributed by atoms with E-state index in [0.717, 1.165) is 35.5 Å². The van der Waals surface area contributed by atoms with Crippen molar-refractivity contribution in [3.63, 3.8) is 0 Å². The van der Waals surface area contributed by atoms with Gasteiger partial charge in [0.15, 0.2) is 0 Å². The summed E-state index contributed by atoms with van der Waals surface area (Å²) in [6.07, 6.45) is 1.79. The van der Waals surface area contributed by atoms with E-state index in [1.165, 1.54) is 18.2 Å². The second-order valence-corrected chi connectivity index (χ2v) is 9.07. The largest absolute Gasteiger partial charge is 0.375 e. The zero-order valence-corrected chi connectivity index (χ0v) is 20.7. The van der Waals surface area contributed by atoms with E-state index in [1.54, 1.807) is 24.3 Å². The highest BCUT2D eigenvalue weighted by atomic mass is 35.5. The molecular weight excluding hydrogens is 476 g/mol. The second kappa shape index (κ2) is 9.97. The fraction of sp³-hybridized carbons (Fsp3) is 0.179. The average Bonchev–Trinajstić information content (AvgIpc) is 3.21. The molecule has 4 aromatic rings. The van der Waals surface area contributed by atoms with Crippen LogP contribution in [0, 0.1) is 6.92 Å². The predicted molar refractivity (Wildman–Crippen MR) is 141 cm³/mol. The molecule has 2 amide bonds. The fourth-order valence-electron chi connectivity index (χ4n) is 4.53. The number of rotatable bonds is 6. The molecule has 0 aliphatic heterocycles. The lowest BCUT2D eigenvalue weighted by molar-refractivity contribution is -0.119. The summed E-state index contributed by atoms with van der Waals surface area (Å²) in [5, 5.41) is 11.0. The first-order valence-corrected chi connectivity index (χ1v) is 12.0. The molecule has 0 spiro atoms. The van der Waals surface area contributed by atoms with Crippen molar-refractivity contribution in [2.24, 2.45) is 0 Å². The van der Waals surface area contributed by atoms with E-state index in [4.69, 9.17) is 21.4 Å². The van der Waals surface area contributed by atoms with Gasteiger partial charge in [0.2, 0.25) is 5.91 Å². The predicted octanol–water partition coefficient (Wildman–Crippen LogP) is 5.44. The molecule has 182 valence electrons. The molecule has 1 aliphatic rings. The topological polar surface area (TPSA) is 85.2 Å². The standard InChI is InChI=1S/C28H25ClN4O3/c1-17-22-14-8-18-7-9-20(31-28(35)23-5-3-4-6-25(23)29)15-24(18)27(22)33(32-17)21-12-10-19(11-13-21)30-26(34)16-36-2/h3-7,9-13,15H,8,14,16H2,1-2H3,(H,30,34)(H,31,35). The highest BCUT2D eigenvalue weighted by Crippen LogP contribution is 2.38. The van der Waals surface area contributed by atoms with Crippen LogP contribution in [0.4, 0.5) is 11.4 Å². The summed E-state index contributed by atoms with van der Waals surface area (Å²) in [6, 6.07) is 20.5. The van der Waals surface area contributed by atoms with E-state index in [2.05, 4.69) is 16.7 Å². The van der Waals surface area contributed by atoms with Crippen molar-refractivity contribution in [2.45, 2.75) is 19.8 Å². The normalized spacial score (nSPS) is 12.0. The monoisotopic (exact) mass is 500 g/mol. The number of methoxy groups -OCH3 is 1. The summed E-state index contributed by atoms with van der Waals surface area (Å²) >= 11 is 6.21. The lowest BCUT2D eigenvalue weighted by Crippen LogP contribution is -2.17. The van der Waals surface area contributed by atoms with Gasteiger partial charge in [-0.05, 0) is 73.9 Å². The van der Waals surface area contributed by atoms with Crippen molar-refractivity contribution >= 4 is 34.8 Å². The van der Waals surface area contributed by atoms with Gasteiger partial charge in [0.05, 0.1) is 27.7 Å². The average molecular weight is 501 g/mol. The number of fused-ring (bicyclic) bond motifs is 3. The molecule has 36 heavy (non-hydrogen) atoms. The van der Waals surface area contributed by atoms with Crippen LogP contribution in [0.15, 0.2) is 66.7 Å². The van der Waals surface area contributed by atoms with Gasteiger partial charge in [-0.1, -0.05) is 29.8 Å². The number of anilines is 2. The number of benzene rings is 3. The summed E-state index contributed by atoms with van der Waals surface area (Å²) in [5.74, 6) is -0.467. The molecule has 0 unspecified atom stereocenters. The summed E-state index contributed by atoms with van der Waals surface area (Å²) in [7, 11) is 1.48. The van der Waals surface area contributed by atoms with Gasteiger partial charge in [-0.15, -0.1) is 0 Å². The molecule has 0 saturated heterocycles. The molecule has 3 aromatic carbocycles. The number of carbonyl (C=O) groups is 2. The summed E-state index contributed by atoms with van der Waals surface area (Å²) in [4.78, 5) is 24.7. The number of hydrogen-bond donors (Lipinski definition) is 2. The first-order chi connectivity index (χ1) is 17.4. The number of aromatic nitrogens is 2. The number of nitrogens with one attached hydrogen (secondary N) is 2. The summed E-state index contributed by atoms with van der Waals surface area (Å²) in [6.45, 7) is 2.02. The quantitative estimate of drug-likeness (QED) is 0.369. The Kier molecular flexibility index (Phi) is 6.59. The number of amides is 2. The Bertz CT molecular complexity index is 1460. The van der Waals surface area contributed by atoms with Gasteiger partial charge in [-0.25, -0.2) is 4.68 Å². The Morgan fingerprint density at radius 1 is 1.00 bits per heavy atom. The van der Waals surface area contributed by atoms with Crippen LogP contribution in [-0.4, -0.2) is 35.3 Å². The number of aryl methyl sites for hydroxylation is 2. The van der Waals surface area contributed by atoms with Crippen LogP contribution in [0.3, 0.4) is 0 Å². The van der Waals surface area contributed by atoms with Gasteiger partial charge in [0, 0.05) is 29.6 Å². The third-order valence-electron chi connectivity index (χ3n) is 6.24. The van der Waals surface area contributed by atoms with E-state index in [-0.39, 0.29) is 18.4 Å². The molecular formula is C28H25ClN4O3. The zero-order chi connectivity index (χ0) is 25.2. The smallest absolute Gasteiger partial charge is 0.257 e. The Balaban J connectivity index is 1.48. The lowest BCUT2D eigenvalue weighted by atomic mass is 9.88. The molecule has 1 heterocycles. The maximum atomic E-state index is 12.8. The maximum absolute atomic E-state index is 12.8. The van der Waals surface area contributed by atoms with Crippen LogP contribution in [0.1, 0.15) is 27.2 Å². The fourth-order valence-corrected chi connectivity index (χ4v) is 4.75. The molecule has 1 aromatic heterocycles. The van der Waals surface area contributed by atoms with Crippen molar-refractivity contribution in [1.29, 1.82) is 0 Å². The van der Waals surface area contributed by atoms with Crippen molar-refractivity contribution in [3.05, 3.63) is 94.1 Å². The van der Waals surface area contributed by atoms with Gasteiger partial charge < -0.3 is 15.4 Å². The third-order valence-corrected chi connectivity index (χ3v) is 6.57. The Morgan fingerprint density at radius 3 is 2.50 bits per heavy atom. The molecule has 7 nitrogen and oxygen atoms in total. The van der Waals surface area contributed by atoms with Gasteiger partial charge in [-0.3, -0.25) is 9.59 Å². The van der Waals surface area contributed by atoms with E-state index in [9.17, 15) is 9.59 Å². The van der Waals surface area contributed by atoms with E-state index >= 15 is 0 Å². The second-order valence-electron chi connectivity index (χ2n) is 8.66. The number of nitrogens with zero attached hydrogens (tertiary/aromatic N) is 2. The van der Waals surface area contributed by atoms with Crippen molar-refractivity contribution in [2.75, 3.05) is 24.4 Å². The van der Waals surface area contributed by atoms with Crippen LogP contribution in [0.5, 0.6) is 0 Å². The SMILES string of the molecule is COCC(=O)Nc1ccc(-n2nc(C)c3c2-c2cc(NC(=O)c4ccccc4Cl)ccc2CC3)cc1. The molecule has 0 radical (unpaired) electrons. The van der Waals surface area contributed by atoms with Crippen LogP contribution in [-0.2, 0) is 22.4 Å². The van der Waals surface area contributed by atoms with Gasteiger partial charge in [0.25, 0.3) is 5.91 Å². The first kappa shape index (κ1) is 23.8. The molecule has 0 bridgehead atoms. The molecule has 8 heteroatoms. The Morgan fingerprint density at radius 2 is 1.75 bits per heavy atom. The molecule has 0 saturated carbocycles. The molecule has 5 rings (SSSR count). The summed E-state index contributed by atoms with van der Waals surface area (Å²) < 4.78 is 6.81. The van der Waals surface area contributed by atoms with Crippen molar-refractivity contribution in [3.8, 4) is 16.9 Å². The minimum absolute atomic E-state index is 0.000254. The van der Waals surface area contributed by atoms with E-state index < -0.39 is 0 Å². The zero-order valence-electron chi connectivity index (χ0n) is 20.0. The highest BCUT2D eigenvalue weighted by Gasteiger charge is 2.25. The molecule has 0 fully saturated rings. The number of carbonyl (C=O) groups excluding carboxylic acids is 2.